The average molecular weight is 442 g/mol. The lowest BCUT2D eigenvalue weighted by atomic mass is 10.1. The van der Waals surface area contributed by atoms with Crippen LogP contribution < -0.4 is 5.32 Å². The van der Waals surface area contributed by atoms with Crippen molar-refractivity contribution in [1.29, 1.82) is 5.26 Å². The van der Waals surface area contributed by atoms with Gasteiger partial charge in [0.1, 0.15) is 18.9 Å². The number of hydrogen-bond donors (Lipinski definition) is 1. The van der Waals surface area contributed by atoms with Crippen LogP contribution in [0.1, 0.15) is 10.4 Å². The molecule has 1 N–H and O–H groups in total. The molecule has 156 valence electrons. The number of rotatable bonds is 8. The average Bonchev–Trinajstić information content (AvgIpc) is 3.11. The Morgan fingerprint density at radius 1 is 1.23 bits per heavy atom. The summed E-state index contributed by atoms with van der Waals surface area (Å²) in [5.41, 5.74) is 2.68. The van der Waals surface area contributed by atoms with E-state index in [4.69, 9.17) is 21.6 Å². The van der Waals surface area contributed by atoms with Crippen LogP contribution in [0.15, 0.2) is 36.5 Å². The fourth-order valence-corrected chi connectivity index (χ4v) is 3.83. The molecule has 30 heavy (non-hydrogen) atoms. The van der Waals surface area contributed by atoms with Crippen molar-refractivity contribution in [2.24, 2.45) is 0 Å². The molecule has 3 rings (SSSR count). The number of nitrogens with zero attached hydrogens (tertiary/aromatic N) is 4. The number of halogens is 1. The minimum atomic E-state index is -1.14. The molecule has 0 aliphatic rings. The van der Waals surface area contributed by atoms with Crippen molar-refractivity contribution in [1.82, 2.24) is 19.9 Å². The zero-order valence-electron chi connectivity index (χ0n) is 17.3. The van der Waals surface area contributed by atoms with E-state index in [1.165, 1.54) is 0 Å². The van der Waals surface area contributed by atoms with E-state index in [1.807, 2.05) is 22.9 Å². The standard InChI is InChI=1S/C21H24ClN5O2Si/c1-30(2,3)13-12-29-14-27-11-8-17-18(25-21(22)26-19(17)27)15-4-6-16(7-5-15)20(28)24-10-9-23/h4-8,11H,10,12-14H2,1-3H3,(H,24,28). The molecule has 0 unspecified atom stereocenters. The van der Waals surface area contributed by atoms with Crippen LogP contribution in [0, 0.1) is 11.3 Å². The summed E-state index contributed by atoms with van der Waals surface area (Å²) in [6.07, 6.45) is 1.91. The van der Waals surface area contributed by atoms with Crippen molar-refractivity contribution in [2.45, 2.75) is 32.4 Å². The van der Waals surface area contributed by atoms with Crippen LogP contribution in [0.2, 0.25) is 31.0 Å². The van der Waals surface area contributed by atoms with E-state index in [0.29, 0.717) is 23.6 Å². The Bertz CT molecular complexity index is 1080. The highest BCUT2D eigenvalue weighted by Gasteiger charge is 2.15. The van der Waals surface area contributed by atoms with Gasteiger partial charge in [-0.3, -0.25) is 4.79 Å². The molecule has 2 aromatic heterocycles. The second-order valence-electron chi connectivity index (χ2n) is 8.13. The topological polar surface area (TPSA) is 92.8 Å². The molecule has 0 aliphatic carbocycles. The van der Waals surface area contributed by atoms with Gasteiger partial charge < -0.3 is 14.6 Å². The number of carbonyl (C=O) groups is 1. The van der Waals surface area contributed by atoms with E-state index in [2.05, 4.69) is 34.9 Å². The zero-order valence-corrected chi connectivity index (χ0v) is 19.0. The van der Waals surface area contributed by atoms with Gasteiger partial charge in [-0.25, -0.2) is 4.98 Å². The molecular weight excluding hydrogens is 418 g/mol. The van der Waals surface area contributed by atoms with Gasteiger partial charge in [0.15, 0.2) is 0 Å². The highest BCUT2D eigenvalue weighted by atomic mass is 35.5. The molecule has 0 bridgehead atoms. The molecule has 3 aromatic rings. The Hall–Kier alpha value is -2.73. The summed E-state index contributed by atoms with van der Waals surface area (Å²) in [5, 5.41) is 12.1. The van der Waals surface area contributed by atoms with Gasteiger partial charge in [-0.1, -0.05) is 31.8 Å². The highest BCUT2D eigenvalue weighted by molar-refractivity contribution is 6.76. The van der Waals surface area contributed by atoms with Gasteiger partial charge in [0.2, 0.25) is 5.28 Å². The Kier molecular flexibility index (Phi) is 6.87. The molecule has 0 radical (unpaired) electrons. The van der Waals surface area contributed by atoms with Gasteiger partial charge in [-0.05, 0) is 35.8 Å². The second-order valence-corrected chi connectivity index (χ2v) is 14.1. The molecule has 7 nitrogen and oxygen atoms in total. The molecule has 0 saturated carbocycles. The summed E-state index contributed by atoms with van der Waals surface area (Å²) in [7, 11) is -1.14. The van der Waals surface area contributed by atoms with Crippen LogP contribution in [0.3, 0.4) is 0 Å². The molecule has 0 fully saturated rings. The van der Waals surface area contributed by atoms with Crippen molar-refractivity contribution < 1.29 is 9.53 Å². The van der Waals surface area contributed by atoms with E-state index in [1.54, 1.807) is 24.3 Å². The van der Waals surface area contributed by atoms with Crippen LogP contribution in [0.4, 0.5) is 0 Å². The Morgan fingerprint density at radius 3 is 2.63 bits per heavy atom. The molecule has 0 aliphatic heterocycles. The van der Waals surface area contributed by atoms with Gasteiger partial charge in [-0.2, -0.15) is 10.2 Å². The summed E-state index contributed by atoms with van der Waals surface area (Å²) >= 11 is 6.20. The molecule has 0 spiro atoms. The van der Waals surface area contributed by atoms with Crippen molar-refractivity contribution in [3.8, 4) is 17.3 Å². The van der Waals surface area contributed by atoms with Crippen molar-refractivity contribution >= 4 is 36.6 Å². The van der Waals surface area contributed by atoms with Crippen LogP contribution in [-0.4, -0.2) is 41.7 Å². The quantitative estimate of drug-likeness (QED) is 0.243. The molecule has 0 atom stereocenters. The third-order valence-corrected chi connectivity index (χ3v) is 6.44. The SMILES string of the molecule is C[Si](C)(C)CCOCn1ccc2c(-c3ccc(C(=O)NCC#N)cc3)nc(Cl)nc21. The van der Waals surface area contributed by atoms with Crippen molar-refractivity contribution in [3.63, 3.8) is 0 Å². The number of carbonyl (C=O) groups excluding carboxylic acids is 1. The van der Waals surface area contributed by atoms with Crippen LogP contribution in [-0.2, 0) is 11.5 Å². The van der Waals surface area contributed by atoms with Crippen LogP contribution >= 0.6 is 11.6 Å². The smallest absolute Gasteiger partial charge is 0.252 e. The molecule has 9 heteroatoms. The van der Waals surface area contributed by atoms with Gasteiger partial charge in [0.25, 0.3) is 5.91 Å². The van der Waals surface area contributed by atoms with E-state index in [0.717, 1.165) is 23.6 Å². The predicted molar refractivity (Wildman–Crippen MR) is 120 cm³/mol. The maximum atomic E-state index is 12.0. The molecule has 0 saturated heterocycles. The lowest BCUT2D eigenvalue weighted by Gasteiger charge is -2.15. The van der Waals surface area contributed by atoms with Crippen LogP contribution in [0.5, 0.6) is 0 Å². The minimum absolute atomic E-state index is 0.0315. The van der Waals surface area contributed by atoms with E-state index >= 15 is 0 Å². The summed E-state index contributed by atoms with van der Waals surface area (Å²) in [6, 6.07) is 11.9. The summed E-state index contributed by atoms with van der Waals surface area (Å²) in [5.74, 6) is -0.296. The largest absolute Gasteiger partial charge is 0.361 e. The third-order valence-electron chi connectivity index (χ3n) is 4.57. The Balaban J connectivity index is 1.82. The first kappa shape index (κ1) is 22.0. The number of hydrogen-bond acceptors (Lipinski definition) is 5. The second kappa shape index (κ2) is 9.39. The van der Waals surface area contributed by atoms with E-state index < -0.39 is 8.07 Å². The number of fused-ring (bicyclic) bond motifs is 1. The predicted octanol–water partition coefficient (Wildman–Crippen LogP) is 4.32. The van der Waals surface area contributed by atoms with Gasteiger partial charge in [0.05, 0.1) is 11.8 Å². The number of aromatic nitrogens is 3. The highest BCUT2D eigenvalue weighted by Crippen LogP contribution is 2.28. The maximum absolute atomic E-state index is 12.0. The summed E-state index contributed by atoms with van der Waals surface area (Å²) in [6.45, 7) is 8.04. The maximum Gasteiger partial charge on any atom is 0.252 e. The molecule has 1 amide bonds. The lowest BCUT2D eigenvalue weighted by molar-refractivity contribution is 0.0898. The van der Waals surface area contributed by atoms with E-state index in [9.17, 15) is 4.79 Å². The first-order chi connectivity index (χ1) is 14.3. The zero-order chi connectivity index (χ0) is 21.7. The van der Waals surface area contributed by atoms with Gasteiger partial charge in [0, 0.05) is 37.4 Å². The minimum Gasteiger partial charge on any atom is -0.361 e. The monoisotopic (exact) mass is 441 g/mol. The van der Waals surface area contributed by atoms with Gasteiger partial charge >= 0.3 is 0 Å². The number of ether oxygens (including phenoxy) is 1. The number of benzene rings is 1. The van der Waals surface area contributed by atoms with Crippen molar-refractivity contribution in [2.75, 3.05) is 13.2 Å². The molecule has 1 aromatic carbocycles. The normalized spacial score (nSPS) is 11.4. The Labute approximate surface area is 181 Å². The summed E-state index contributed by atoms with van der Waals surface area (Å²) in [4.78, 5) is 20.8. The van der Waals surface area contributed by atoms with Crippen LogP contribution in [0.25, 0.3) is 22.3 Å². The van der Waals surface area contributed by atoms with Gasteiger partial charge in [-0.15, -0.1) is 0 Å². The van der Waals surface area contributed by atoms with Crippen molar-refractivity contribution in [3.05, 3.63) is 47.4 Å². The fraction of sp³-hybridized carbons (Fsp3) is 0.333. The number of amides is 1. The first-order valence-corrected chi connectivity index (χ1v) is 13.7. The fourth-order valence-electron chi connectivity index (χ4n) is 2.91. The summed E-state index contributed by atoms with van der Waals surface area (Å²) < 4.78 is 7.77. The lowest BCUT2D eigenvalue weighted by Crippen LogP contribution is -2.23. The van der Waals surface area contributed by atoms with E-state index in [-0.39, 0.29) is 17.7 Å². The number of nitriles is 1. The molecular formula is C21H24ClN5O2Si. The number of nitrogens with one attached hydrogen (secondary N) is 1. The Morgan fingerprint density at radius 2 is 1.97 bits per heavy atom. The first-order valence-electron chi connectivity index (χ1n) is 9.64. The third kappa shape index (κ3) is 5.45. The molecule has 2 heterocycles.